The fourth-order valence-corrected chi connectivity index (χ4v) is 9.27. The van der Waals surface area contributed by atoms with Crippen molar-refractivity contribution < 1.29 is 148 Å². The second kappa shape index (κ2) is 54.1. The second-order valence-electron chi connectivity index (χ2n) is 23.1. The Morgan fingerprint density at radius 1 is 0.600 bits per heavy atom. The summed E-state index contributed by atoms with van der Waals surface area (Å²) >= 11 is 11.0. The molecular weight excluding hydrogens is 1590 g/mol. The Morgan fingerprint density at radius 3 is 1.34 bits per heavy atom. The number of aromatic nitrogens is 15. The van der Waals surface area contributed by atoms with E-state index in [1.54, 1.807) is 169 Å². The van der Waals surface area contributed by atoms with E-state index in [9.17, 15) is 38.4 Å². The van der Waals surface area contributed by atoms with Crippen molar-refractivity contribution in [1.29, 1.82) is 10.5 Å². The molecule has 0 saturated carbocycles. The van der Waals surface area contributed by atoms with Gasteiger partial charge < -0.3 is 52.7 Å². The summed E-state index contributed by atoms with van der Waals surface area (Å²) in [4.78, 5) is 133. The van der Waals surface area contributed by atoms with E-state index in [1.807, 2.05) is 64.1 Å². The molecule has 9 N–H and O–H groups in total. The number of primary amides is 1. The van der Waals surface area contributed by atoms with E-state index in [4.69, 9.17) is 63.1 Å². The number of rotatable bonds is 13. The molecule has 0 aliphatic heterocycles. The zero-order valence-corrected chi connectivity index (χ0v) is 72.9. The first-order valence-corrected chi connectivity index (χ1v) is 34.1. The largest absolute Gasteiger partial charge is 1.00 e. The van der Waals surface area contributed by atoms with Crippen LogP contribution in [0.5, 0.6) is 0 Å². The molecule has 13 rings (SSSR count). The number of amides is 1. The van der Waals surface area contributed by atoms with Crippen molar-refractivity contribution in [2.75, 3.05) is 31.8 Å². The summed E-state index contributed by atoms with van der Waals surface area (Å²) in [6, 6.07) is 38.3. The van der Waals surface area contributed by atoms with Crippen LogP contribution < -0.4 is 164 Å². The Hall–Kier alpha value is -10.8. The third-order valence-corrected chi connectivity index (χ3v) is 15.2. The fraction of sp³-hybridized carbons (Fsp3) is 0.243. The number of halogens is 2. The number of fused-ring (bicyclic) bond motifs is 3. The summed E-state index contributed by atoms with van der Waals surface area (Å²) in [7, 11) is 9.67. The van der Waals surface area contributed by atoms with Gasteiger partial charge >= 0.3 is 120 Å². The van der Waals surface area contributed by atoms with Gasteiger partial charge in [0.2, 0.25) is 6.08 Å². The van der Waals surface area contributed by atoms with Crippen LogP contribution in [-0.4, -0.2) is 118 Å². The number of aryl methyl sites for hydroxylation is 3. The van der Waals surface area contributed by atoms with Crippen molar-refractivity contribution >= 4 is 92.1 Å². The van der Waals surface area contributed by atoms with Gasteiger partial charge in [0.25, 0.3) is 29.1 Å². The quantitative estimate of drug-likeness (QED) is 0.0153. The molecule has 0 saturated heterocycles. The molecule has 115 heavy (non-hydrogen) atoms. The smallest absolute Gasteiger partial charge is 1.00 e. The van der Waals surface area contributed by atoms with Crippen LogP contribution >= 0.6 is 23.2 Å². The predicted octanol–water partition coefficient (Wildman–Crippen LogP) is 0.452. The number of alkyl halides is 1. The molecule has 37 nitrogen and oxygen atoms in total. The molecule has 1 aromatic carbocycles. The zero-order chi connectivity index (χ0) is 83.0. The van der Waals surface area contributed by atoms with E-state index in [0.717, 1.165) is 32.0 Å². The summed E-state index contributed by atoms with van der Waals surface area (Å²) < 4.78 is 21.6. The van der Waals surface area contributed by atoms with Crippen molar-refractivity contribution in [2.45, 2.75) is 78.3 Å². The number of H-pyrrole nitrogens is 1. The zero-order valence-electron chi connectivity index (χ0n) is 66.2. The van der Waals surface area contributed by atoms with E-state index in [2.05, 4.69) is 90.5 Å². The van der Waals surface area contributed by atoms with Gasteiger partial charge in [-0.2, -0.15) is 15.5 Å². The first-order chi connectivity index (χ1) is 53.7. The van der Waals surface area contributed by atoms with Crippen LogP contribution in [0.2, 0.25) is 5.15 Å². The first kappa shape index (κ1) is 102. The number of para-hydroxylation sites is 1. The predicted molar refractivity (Wildman–Crippen MR) is 421 cm³/mol. The molecule has 0 atom stereocenters. The van der Waals surface area contributed by atoms with Gasteiger partial charge in [0, 0.05) is 90.6 Å². The number of hydrogen-bond donors (Lipinski definition) is 5. The maximum absolute atomic E-state index is 12.5. The number of anilines is 2. The van der Waals surface area contributed by atoms with E-state index < -0.39 is 28.5 Å². The average molecular weight is 1670 g/mol. The Morgan fingerprint density at radius 2 is 0.983 bits per heavy atom. The maximum atomic E-state index is 12.5. The number of aromatic amines is 1. The average Bonchev–Trinajstić information content (AvgIpc) is 1.06. The van der Waals surface area contributed by atoms with Crippen molar-refractivity contribution in [3.8, 4) is 12.1 Å². The number of benzene rings is 1. The third kappa shape index (κ3) is 31.2. The summed E-state index contributed by atoms with van der Waals surface area (Å²) in [5, 5.41) is 44.1. The molecule has 0 radical (unpaired) electrons. The van der Waals surface area contributed by atoms with Crippen molar-refractivity contribution in [2.24, 2.45) is 37.6 Å². The molecule has 594 valence electrons. The number of carbonyl (C=O) groups excluding carboxylic acids is 3. The molecule has 0 aliphatic carbocycles. The summed E-state index contributed by atoms with van der Waals surface area (Å²) in [6.07, 6.45) is 10.9. The van der Waals surface area contributed by atoms with E-state index >= 15 is 0 Å². The molecule has 0 aliphatic rings. The van der Waals surface area contributed by atoms with Gasteiger partial charge in [-0.1, -0.05) is 86.8 Å². The van der Waals surface area contributed by atoms with Gasteiger partial charge in [-0.25, -0.2) is 49.1 Å². The Bertz CT molecular complexity index is 5600. The van der Waals surface area contributed by atoms with Gasteiger partial charge in [0.1, 0.15) is 45.9 Å². The minimum atomic E-state index is -0.470. The number of hydrogen-bond acceptors (Lipinski definition) is 29. The summed E-state index contributed by atoms with van der Waals surface area (Å²) in [5.74, 6) is 3.63. The summed E-state index contributed by atoms with van der Waals surface area (Å²) in [6.45, 7) is 12.0. The topological polar surface area (TPSA) is 549 Å². The minimum absolute atomic E-state index is 0. The SMILES string of the molecule is CC(C)c1cc(CCl)on1.CC(C)c1cc(Cn2c(=O)c3cccnc3n(C)c2=O)on1.CC(C)c1cc(Cn2c(=O)c3cccnc3n(C)c2=O)on1.CN.CNc1ncccc1C#N.CNc1ncccc1C(N)=O.Cn1c(=O)[nH]c(=O)c2cccnc21.N#Cc1cccnc1Cl.O.O=C=Nc1ccccc1.O=CO[O-].[H-].[K+].[K+]. The number of carbonyl (C=O) groups is 2. The van der Waals surface area contributed by atoms with E-state index in [0.29, 0.717) is 90.4 Å². The number of pyridine rings is 6. The molecule has 12 aromatic heterocycles. The van der Waals surface area contributed by atoms with Crippen molar-refractivity contribution in [3.63, 3.8) is 0 Å². The van der Waals surface area contributed by atoms with Gasteiger partial charge in [0.15, 0.2) is 17.3 Å². The Balaban J connectivity index is 0.00000132. The second-order valence-corrected chi connectivity index (χ2v) is 23.7. The molecule has 13 aromatic rings. The molecule has 0 unspecified atom stereocenters. The van der Waals surface area contributed by atoms with E-state index in [1.165, 1.54) is 26.8 Å². The van der Waals surface area contributed by atoms with E-state index in [-0.39, 0.29) is 157 Å². The van der Waals surface area contributed by atoms with Gasteiger partial charge in [0.05, 0.1) is 74.6 Å². The monoisotopic (exact) mass is 1670 g/mol. The van der Waals surface area contributed by atoms with Crippen LogP contribution in [-0.2, 0) is 54.6 Å². The number of nitrogens with one attached hydrogen (secondary N) is 3. The van der Waals surface area contributed by atoms with Crippen LogP contribution in [0.25, 0.3) is 33.1 Å². The fourth-order valence-electron chi connectivity index (χ4n) is 8.98. The van der Waals surface area contributed by atoms with Gasteiger partial charge in [-0.3, -0.25) is 51.8 Å². The molecule has 1 amide bonds. The summed E-state index contributed by atoms with van der Waals surface area (Å²) in [5.41, 5.74) is 12.8. The standard InChI is InChI=1S/2C15H16N4O3.C8H7N3O2.C7H10ClNO.C7H9N3O.C7H7N3.C7H5NO.C6H3ClN2.CH5N.CH2O3.2K.H2O.H/c2*1-9(2)12-7-10(22-17-12)8-19-14(20)11-5-4-6-16-13(11)18(3)15(19)21;1-11-6-5(3-2-4-9-6)7(12)10-8(11)13;1-5(2)7-3-6(4-8)10-9-7;1-9-7-5(6(8)11)3-2-4-10-7;1-9-7-6(5-8)3-2-4-10-7;9-6-8-7-4-2-1-3-5-7;7-6-5(4-8)2-1-3-9-6;1-2;2-1-4-3;;;;/h2*4-7,9H,8H2,1-3H3;2-4H,1H3,(H,10,12,13);3,5H,4H2,1-2H3;2-4H,1H3,(H2,8,11)(H,9,10);2-4H,1H3,(H,9,10);1-5H;1-3H;2H2,1H3;1,3H;;;1H2;/q;;;;;;;;;;2*+1;;-1/p-1. The molecular formula is C74H82Cl2K2N22O15. The first-order valence-electron chi connectivity index (χ1n) is 33.2. The number of nitrogens with zero attached hydrogens (tertiary/aromatic N) is 17. The normalized spacial score (nSPS) is 9.64. The van der Waals surface area contributed by atoms with Crippen LogP contribution in [0.4, 0.5) is 17.3 Å². The number of nitrogens with two attached hydrogens (primary N) is 2. The van der Waals surface area contributed by atoms with Crippen molar-refractivity contribution in [3.05, 3.63) is 277 Å². The van der Waals surface area contributed by atoms with Crippen LogP contribution in [0.3, 0.4) is 0 Å². The number of nitriles is 2. The molecule has 41 heteroatoms. The van der Waals surface area contributed by atoms with Crippen LogP contribution in [0, 0.1) is 22.7 Å². The Kier molecular flexibility index (Phi) is 48.1. The Labute approximate surface area is 752 Å². The molecule has 0 bridgehead atoms. The van der Waals surface area contributed by atoms with Gasteiger partial charge in [-0.05, 0) is 110 Å². The molecule has 12 heterocycles. The third-order valence-electron chi connectivity index (χ3n) is 14.7. The number of aliphatic imine (C=N–C) groups is 1. The minimum Gasteiger partial charge on any atom is -1.00 e. The van der Waals surface area contributed by atoms with Gasteiger partial charge in [-0.15, -0.1) is 11.6 Å². The van der Waals surface area contributed by atoms with Crippen LogP contribution in [0.15, 0.2) is 206 Å². The number of isocyanates is 1. The molecule has 0 spiro atoms. The van der Waals surface area contributed by atoms with Crippen molar-refractivity contribution in [1.82, 2.24) is 73.2 Å². The van der Waals surface area contributed by atoms with Crippen LogP contribution in [0.1, 0.15) is 117 Å². The molecule has 0 fully saturated rings. The maximum Gasteiger partial charge on any atom is 1.00 e.